The first-order valence-corrected chi connectivity index (χ1v) is 8.33. The van der Waals surface area contributed by atoms with Crippen LogP contribution >= 0.6 is 0 Å². The molecule has 0 saturated heterocycles. The molecule has 130 valence electrons. The topological polar surface area (TPSA) is 32.7 Å². The minimum atomic E-state index is -0.620. The number of benzene rings is 3. The smallest absolute Gasteiger partial charge is 0.123 e. The number of aliphatic hydroxyl groups excluding tert-OH is 1. The molecule has 3 aromatic rings. The first-order valence-electron chi connectivity index (χ1n) is 8.33. The van der Waals surface area contributed by atoms with Crippen LogP contribution in [0.15, 0.2) is 66.7 Å². The minimum Gasteiger partial charge on any atom is -0.491 e. The van der Waals surface area contributed by atoms with Crippen LogP contribution in [0.3, 0.4) is 0 Å². The highest BCUT2D eigenvalue weighted by Crippen LogP contribution is 2.20. The molecule has 1 N–H and O–H groups in total. The summed E-state index contributed by atoms with van der Waals surface area (Å²) < 4.78 is 18.9. The molecule has 0 saturated carbocycles. The molecule has 4 heteroatoms. The number of halogens is 1. The van der Waals surface area contributed by atoms with Crippen LogP contribution in [0.4, 0.5) is 4.39 Å². The van der Waals surface area contributed by atoms with Crippen molar-refractivity contribution in [3.8, 4) is 5.75 Å². The summed E-state index contributed by atoms with van der Waals surface area (Å²) in [6, 6.07) is 20.5. The van der Waals surface area contributed by atoms with E-state index in [1.807, 2.05) is 54.4 Å². The Labute approximate surface area is 147 Å². The van der Waals surface area contributed by atoms with Crippen molar-refractivity contribution in [3.05, 3.63) is 78.1 Å². The van der Waals surface area contributed by atoms with Gasteiger partial charge in [0.05, 0.1) is 0 Å². The van der Waals surface area contributed by atoms with Crippen LogP contribution < -0.4 is 4.74 Å². The fraction of sp³-hybridized carbons (Fsp3) is 0.238. The van der Waals surface area contributed by atoms with Gasteiger partial charge < -0.3 is 9.84 Å². The standard InChI is InChI=1S/C21H22FNO2/c1-23(13-16-5-4-8-19(22)11-16)14-20(24)15-25-21-10-9-17-6-2-3-7-18(17)12-21/h2-12,20,24H,13-15H2,1H3. The van der Waals surface area contributed by atoms with E-state index < -0.39 is 6.10 Å². The van der Waals surface area contributed by atoms with Gasteiger partial charge in [-0.1, -0.05) is 42.5 Å². The summed E-state index contributed by atoms with van der Waals surface area (Å²) >= 11 is 0. The Balaban J connectivity index is 1.50. The quantitative estimate of drug-likeness (QED) is 0.710. The zero-order chi connectivity index (χ0) is 17.6. The summed E-state index contributed by atoms with van der Waals surface area (Å²) in [5.74, 6) is 0.497. The van der Waals surface area contributed by atoms with Gasteiger partial charge >= 0.3 is 0 Å². The zero-order valence-corrected chi connectivity index (χ0v) is 14.2. The predicted molar refractivity (Wildman–Crippen MR) is 98.2 cm³/mol. The molecule has 0 bridgehead atoms. The predicted octanol–water partition coefficient (Wildman–Crippen LogP) is 3.85. The van der Waals surface area contributed by atoms with Gasteiger partial charge in [0.15, 0.2) is 0 Å². The van der Waals surface area contributed by atoms with Gasteiger partial charge in [0, 0.05) is 13.1 Å². The summed E-state index contributed by atoms with van der Waals surface area (Å²) in [7, 11) is 1.89. The third kappa shape index (κ3) is 5.02. The van der Waals surface area contributed by atoms with Crippen LogP contribution in [0.1, 0.15) is 5.56 Å². The Morgan fingerprint density at radius 1 is 1.00 bits per heavy atom. The zero-order valence-electron chi connectivity index (χ0n) is 14.2. The summed E-state index contributed by atoms with van der Waals surface area (Å²) in [6.45, 7) is 1.24. The first-order chi connectivity index (χ1) is 12.1. The molecule has 0 heterocycles. The Bertz CT molecular complexity index is 837. The number of rotatable bonds is 7. The highest BCUT2D eigenvalue weighted by Gasteiger charge is 2.10. The number of ether oxygens (including phenoxy) is 1. The van der Waals surface area contributed by atoms with E-state index in [9.17, 15) is 9.50 Å². The van der Waals surface area contributed by atoms with Gasteiger partial charge in [-0.2, -0.15) is 0 Å². The lowest BCUT2D eigenvalue weighted by atomic mass is 10.1. The third-order valence-corrected chi connectivity index (χ3v) is 4.03. The molecule has 1 atom stereocenters. The van der Waals surface area contributed by atoms with Gasteiger partial charge in [0.25, 0.3) is 0 Å². The van der Waals surface area contributed by atoms with Crippen molar-refractivity contribution in [2.75, 3.05) is 20.2 Å². The Morgan fingerprint density at radius 3 is 2.60 bits per heavy atom. The summed E-state index contributed by atoms with van der Waals surface area (Å²) in [6.07, 6.45) is -0.620. The molecule has 0 fully saturated rings. The maximum atomic E-state index is 13.2. The molecule has 3 nitrogen and oxygen atoms in total. The van der Waals surface area contributed by atoms with E-state index in [1.54, 1.807) is 6.07 Å². The number of hydrogen-bond donors (Lipinski definition) is 1. The van der Waals surface area contributed by atoms with Gasteiger partial charge in [-0.15, -0.1) is 0 Å². The second kappa shape index (κ2) is 8.10. The van der Waals surface area contributed by atoms with Gasteiger partial charge in [0.1, 0.15) is 24.3 Å². The Hall–Kier alpha value is -2.43. The third-order valence-electron chi connectivity index (χ3n) is 4.03. The monoisotopic (exact) mass is 339 g/mol. The summed E-state index contributed by atoms with van der Waals surface area (Å²) in [5.41, 5.74) is 0.880. The van der Waals surface area contributed by atoms with Crippen LogP contribution in [0, 0.1) is 5.82 Å². The highest BCUT2D eigenvalue weighted by molar-refractivity contribution is 5.83. The number of hydrogen-bond acceptors (Lipinski definition) is 3. The maximum absolute atomic E-state index is 13.2. The molecule has 3 aromatic carbocycles. The summed E-state index contributed by atoms with van der Waals surface area (Å²) in [4.78, 5) is 1.95. The van der Waals surface area contributed by atoms with Crippen molar-refractivity contribution in [3.63, 3.8) is 0 Å². The fourth-order valence-electron chi connectivity index (χ4n) is 2.87. The van der Waals surface area contributed by atoms with Crippen LogP contribution in [0.2, 0.25) is 0 Å². The van der Waals surface area contributed by atoms with Crippen LogP contribution in [-0.2, 0) is 6.54 Å². The van der Waals surface area contributed by atoms with Crippen LogP contribution in [0.25, 0.3) is 10.8 Å². The molecule has 25 heavy (non-hydrogen) atoms. The summed E-state index contributed by atoms with van der Waals surface area (Å²) in [5, 5.41) is 12.5. The van der Waals surface area contributed by atoms with Crippen molar-refractivity contribution in [2.24, 2.45) is 0 Å². The highest BCUT2D eigenvalue weighted by atomic mass is 19.1. The molecular formula is C21H22FNO2. The normalized spacial score (nSPS) is 12.5. The van der Waals surface area contributed by atoms with Gasteiger partial charge in [-0.25, -0.2) is 4.39 Å². The molecule has 1 unspecified atom stereocenters. The minimum absolute atomic E-state index is 0.214. The van der Waals surface area contributed by atoms with Gasteiger partial charge in [-0.3, -0.25) is 4.90 Å². The maximum Gasteiger partial charge on any atom is 0.123 e. The van der Waals surface area contributed by atoms with E-state index in [1.165, 1.54) is 12.1 Å². The molecule has 0 radical (unpaired) electrons. The lowest BCUT2D eigenvalue weighted by molar-refractivity contribution is 0.0744. The van der Waals surface area contributed by atoms with E-state index in [2.05, 4.69) is 6.07 Å². The van der Waals surface area contributed by atoms with Gasteiger partial charge in [-0.05, 0) is 47.6 Å². The van der Waals surface area contributed by atoms with Crippen molar-refractivity contribution in [1.29, 1.82) is 0 Å². The van der Waals surface area contributed by atoms with Crippen molar-refractivity contribution in [1.82, 2.24) is 4.90 Å². The average molecular weight is 339 g/mol. The molecule has 0 aliphatic rings. The van der Waals surface area contributed by atoms with E-state index in [0.717, 1.165) is 22.1 Å². The van der Waals surface area contributed by atoms with E-state index >= 15 is 0 Å². The fourth-order valence-corrected chi connectivity index (χ4v) is 2.87. The van der Waals surface area contributed by atoms with E-state index in [4.69, 9.17) is 4.74 Å². The van der Waals surface area contributed by atoms with Crippen molar-refractivity contribution >= 4 is 10.8 Å². The molecule has 0 amide bonds. The molecule has 3 rings (SSSR count). The molecule has 0 aliphatic carbocycles. The van der Waals surface area contributed by atoms with Gasteiger partial charge in [0.2, 0.25) is 0 Å². The second-order valence-corrected chi connectivity index (χ2v) is 6.30. The molecule has 0 aromatic heterocycles. The van der Waals surface area contributed by atoms with E-state index in [0.29, 0.717) is 13.1 Å². The van der Waals surface area contributed by atoms with Crippen LogP contribution in [-0.4, -0.2) is 36.3 Å². The van der Waals surface area contributed by atoms with Crippen LogP contribution in [0.5, 0.6) is 5.75 Å². The molecule has 0 spiro atoms. The largest absolute Gasteiger partial charge is 0.491 e. The number of fused-ring (bicyclic) bond motifs is 1. The molecule has 0 aliphatic heterocycles. The number of likely N-dealkylation sites (N-methyl/N-ethyl adjacent to an activating group) is 1. The van der Waals surface area contributed by atoms with Crippen molar-refractivity contribution in [2.45, 2.75) is 12.6 Å². The van der Waals surface area contributed by atoms with E-state index in [-0.39, 0.29) is 12.4 Å². The van der Waals surface area contributed by atoms with Crippen molar-refractivity contribution < 1.29 is 14.2 Å². The molecular weight excluding hydrogens is 317 g/mol. The Kier molecular flexibility index (Phi) is 5.64. The number of nitrogens with zero attached hydrogens (tertiary/aromatic N) is 1. The second-order valence-electron chi connectivity index (χ2n) is 6.30. The lowest BCUT2D eigenvalue weighted by Gasteiger charge is -2.21. The first kappa shape index (κ1) is 17.4. The Morgan fingerprint density at radius 2 is 1.80 bits per heavy atom. The number of aliphatic hydroxyl groups is 1. The lowest BCUT2D eigenvalue weighted by Crippen LogP contribution is -2.32. The SMILES string of the molecule is CN(Cc1cccc(F)c1)CC(O)COc1ccc2ccccc2c1. The average Bonchev–Trinajstić information content (AvgIpc) is 2.59.